The Morgan fingerprint density at radius 1 is 1.27 bits per heavy atom. The molecule has 0 bridgehead atoms. The minimum atomic E-state index is -0.519. The molecule has 55 valence electrons. The monoisotopic (exact) mass is 150 g/mol. The zero-order chi connectivity index (χ0) is 8.27. The Balaban J connectivity index is 3.00. The van der Waals surface area contributed by atoms with Gasteiger partial charge in [-0.15, -0.1) is 0 Å². The van der Waals surface area contributed by atoms with E-state index in [2.05, 4.69) is 0 Å². The normalized spacial score (nSPS) is 9.09. The smallest absolute Gasteiger partial charge is 0.269 e. The fourth-order valence-corrected chi connectivity index (χ4v) is 0.651. The average molecular weight is 150 g/mol. The molecule has 4 heteroatoms. The summed E-state index contributed by atoms with van der Waals surface area (Å²) in [6.07, 6.45) is 1.62. The lowest BCUT2D eigenvalue weighted by molar-refractivity contribution is -0.384. The molecule has 1 radical (unpaired) electrons. The molecule has 0 atom stereocenters. The van der Waals surface area contributed by atoms with Crippen LogP contribution in [0.25, 0.3) is 0 Å². The highest BCUT2D eigenvalue weighted by atomic mass is 16.6. The Bertz CT molecular complexity index is 278. The van der Waals surface area contributed by atoms with Gasteiger partial charge in [0.15, 0.2) is 0 Å². The predicted octanol–water partition coefficient (Wildman–Crippen LogP) is 1.05. The molecule has 0 heterocycles. The number of nitrogens with zero attached hydrogens (tertiary/aromatic N) is 1. The SMILES string of the molecule is O=[C]c1ccc([N+](=O)[O-])cc1. The van der Waals surface area contributed by atoms with Crippen LogP contribution in [0.4, 0.5) is 5.69 Å². The van der Waals surface area contributed by atoms with Crippen molar-refractivity contribution in [1.82, 2.24) is 0 Å². The zero-order valence-electron chi connectivity index (χ0n) is 5.48. The standard InChI is InChI=1S/C7H4NO3/c9-5-6-1-3-7(4-2-6)8(10)11/h1-4H. The molecule has 0 amide bonds. The van der Waals surface area contributed by atoms with E-state index in [1.165, 1.54) is 24.3 Å². The van der Waals surface area contributed by atoms with Crippen molar-refractivity contribution in [2.75, 3.05) is 0 Å². The van der Waals surface area contributed by atoms with Gasteiger partial charge in [-0.3, -0.25) is 14.9 Å². The molecular weight excluding hydrogens is 146 g/mol. The van der Waals surface area contributed by atoms with Gasteiger partial charge in [0.05, 0.1) is 4.92 Å². The summed E-state index contributed by atoms with van der Waals surface area (Å²) in [5.41, 5.74) is 0.291. The zero-order valence-corrected chi connectivity index (χ0v) is 5.48. The lowest BCUT2D eigenvalue weighted by Crippen LogP contribution is -1.87. The molecule has 0 N–H and O–H groups in total. The number of hydrogen-bond donors (Lipinski definition) is 0. The molecule has 1 rings (SSSR count). The summed E-state index contributed by atoms with van der Waals surface area (Å²) < 4.78 is 0. The minimum absolute atomic E-state index is 0.0241. The summed E-state index contributed by atoms with van der Waals surface area (Å²) in [6, 6.07) is 5.23. The molecule has 0 fully saturated rings. The van der Waals surface area contributed by atoms with Crippen molar-refractivity contribution >= 4 is 12.0 Å². The van der Waals surface area contributed by atoms with Gasteiger partial charge in [-0.25, -0.2) is 0 Å². The summed E-state index contributed by atoms with van der Waals surface area (Å²) in [6.45, 7) is 0. The average Bonchev–Trinajstić information content (AvgIpc) is 2.05. The molecular formula is C7H4NO3. The lowest BCUT2D eigenvalue weighted by Gasteiger charge is -1.88. The topological polar surface area (TPSA) is 60.2 Å². The minimum Gasteiger partial charge on any atom is -0.285 e. The maximum atomic E-state index is 10.1. The van der Waals surface area contributed by atoms with Crippen LogP contribution in [0.15, 0.2) is 24.3 Å². The summed E-state index contributed by atoms with van der Waals surface area (Å²) in [5.74, 6) is 0. The molecule has 0 aliphatic carbocycles. The van der Waals surface area contributed by atoms with Crippen LogP contribution in [0.2, 0.25) is 0 Å². The van der Waals surface area contributed by atoms with E-state index in [-0.39, 0.29) is 5.69 Å². The molecule has 0 aliphatic rings. The number of benzene rings is 1. The maximum absolute atomic E-state index is 10.1. The third-order valence-electron chi connectivity index (χ3n) is 1.20. The van der Waals surface area contributed by atoms with Gasteiger partial charge in [0, 0.05) is 17.7 Å². The summed E-state index contributed by atoms with van der Waals surface area (Å²) in [4.78, 5) is 19.6. The molecule has 0 saturated carbocycles. The molecule has 0 saturated heterocycles. The number of nitro groups is 1. The fourth-order valence-electron chi connectivity index (χ4n) is 0.651. The molecule has 0 unspecified atom stereocenters. The van der Waals surface area contributed by atoms with Crippen molar-refractivity contribution in [2.24, 2.45) is 0 Å². The van der Waals surface area contributed by atoms with E-state index in [0.29, 0.717) is 5.56 Å². The van der Waals surface area contributed by atoms with Gasteiger partial charge in [0.25, 0.3) is 5.69 Å². The summed E-state index contributed by atoms with van der Waals surface area (Å²) in [7, 11) is 0. The largest absolute Gasteiger partial charge is 0.285 e. The molecule has 0 aliphatic heterocycles. The van der Waals surface area contributed by atoms with Gasteiger partial charge < -0.3 is 0 Å². The fraction of sp³-hybridized carbons (Fsp3) is 0. The first-order valence-corrected chi connectivity index (χ1v) is 2.86. The van der Waals surface area contributed by atoms with E-state index in [0.717, 1.165) is 0 Å². The van der Waals surface area contributed by atoms with Crippen molar-refractivity contribution in [2.45, 2.75) is 0 Å². The number of hydrogen-bond acceptors (Lipinski definition) is 3. The molecule has 1 aromatic rings. The second-order valence-corrected chi connectivity index (χ2v) is 1.91. The van der Waals surface area contributed by atoms with Crippen LogP contribution in [-0.4, -0.2) is 11.2 Å². The highest BCUT2D eigenvalue weighted by molar-refractivity contribution is 5.75. The Kier molecular flexibility index (Phi) is 1.96. The highest BCUT2D eigenvalue weighted by Crippen LogP contribution is 2.09. The van der Waals surface area contributed by atoms with Gasteiger partial charge in [-0.1, -0.05) is 0 Å². The number of non-ortho nitro benzene ring substituents is 1. The first-order valence-electron chi connectivity index (χ1n) is 2.86. The Morgan fingerprint density at radius 3 is 2.18 bits per heavy atom. The molecule has 11 heavy (non-hydrogen) atoms. The van der Waals surface area contributed by atoms with Crippen LogP contribution >= 0.6 is 0 Å². The lowest BCUT2D eigenvalue weighted by atomic mass is 10.2. The molecule has 0 spiro atoms. The van der Waals surface area contributed by atoms with Gasteiger partial charge in [0.2, 0.25) is 6.29 Å². The number of carbonyl (C=O) groups excluding carboxylic acids is 1. The van der Waals surface area contributed by atoms with Crippen molar-refractivity contribution < 1.29 is 9.72 Å². The number of rotatable bonds is 2. The van der Waals surface area contributed by atoms with E-state index in [9.17, 15) is 14.9 Å². The Morgan fingerprint density at radius 2 is 1.82 bits per heavy atom. The van der Waals surface area contributed by atoms with E-state index < -0.39 is 4.92 Å². The Hall–Kier alpha value is -1.71. The second-order valence-electron chi connectivity index (χ2n) is 1.91. The highest BCUT2D eigenvalue weighted by Gasteiger charge is 2.02. The van der Waals surface area contributed by atoms with Crippen LogP contribution in [0.3, 0.4) is 0 Å². The van der Waals surface area contributed by atoms with E-state index >= 15 is 0 Å². The third-order valence-corrected chi connectivity index (χ3v) is 1.20. The first-order chi connectivity index (χ1) is 5.24. The first kappa shape index (κ1) is 7.40. The molecule has 1 aromatic carbocycles. The predicted molar refractivity (Wildman–Crippen MR) is 37.9 cm³/mol. The molecule has 0 aromatic heterocycles. The van der Waals surface area contributed by atoms with Crippen molar-refractivity contribution in [1.29, 1.82) is 0 Å². The summed E-state index contributed by atoms with van der Waals surface area (Å²) in [5, 5.41) is 10.1. The van der Waals surface area contributed by atoms with Gasteiger partial charge >= 0.3 is 0 Å². The van der Waals surface area contributed by atoms with Gasteiger partial charge in [0.1, 0.15) is 0 Å². The van der Waals surface area contributed by atoms with Crippen LogP contribution in [0, 0.1) is 10.1 Å². The molecule has 4 nitrogen and oxygen atoms in total. The summed E-state index contributed by atoms with van der Waals surface area (Å²) >= 11 is 0. The van der Waals surface area contributed by atoms with Crippen molar-refractivity contribution in [3.8, 4) is 0 Å². The maximum Gasteiger partial charge on any atom is 0.269 e. The van der Waals surface area contributed by atoms with Crippen molar-refractivity contribution in [3.63, 3.8) is 0 Å². The van der Waals surface area contributed by atoms with Gasteiger partial charge in [-0.05, 0) is 12.1 Å². The third kappa shape index (κ3) is 1.61. The van der Waals surface area contributed by atoms with Crippen LogP contribution < -0.4 is 0 Å². The van der Waals surface area contributed by atoms with E-state index in [1.807, 2.05) is 0 Å². The van der Waals surface area contributed by atoms with E-state index in [4.69, 9.17) is 0 Å². The Labute approximate surface area is 62.6 Å². The van der Waals surface area contributed by atoms with Crippen LogP contribution in [-0.2, 0) is 4.79 Å². The van der Waals surface area contributed by atoms with Crippen LogP contribution in [0.5, 0.6) is 0 Å². The van der Waals surface area contributed by atoms with Crippen molar-refractivity contribution in [3.05, 3.63) is 39.9 Å². The van der Waals surface area contributed by atoms with Crippen LogP contribution in [0.1, 0.15) is 5.56 Å². The quantitative estimate of drug-likeness (QED) is 0.467. The number of nitro benzene ring substituents is 1. The second kappa shape index (κ2) is 2.92. The van der Waals surface area contributed by atoms with Gasteiger partial charge in [-0.2, -0.15) is 0 Å². The van der Waals surface area contributed by atoms with E-state index in [1.54, 1.807) is 6.29 Å².